The lowest BCUT2D eigenvalue weighted by Crippen LogP contribution is -2.41. The van der Waals surface area contributed by atoms with Gasteiger partial charge < -0.3 is 15.0 Å². The van der Waals surface area contributed by atoms with Crippen molar-refractivity contribution in [2.75, 3.05) is 13.1 Å². The Morgan fingerprint density at radius 2 is 1.87 bits per heavy atom. The molecular weight excluding hydrogens is 335 g/mol. The fourth-order valence-corrected chi connectivity index (χ4v) is 2.85. The molecule has 0 bridgehead atoms. The minimum absolute atomic E-state index is 0.229. The lowest BCUT2D eigenvalue weighted by atomic mass is 10.2. The largest absolute Gasteiger partial charge is 0.444 e. The summed E-state index contributed by atoms with van der Waals surface area (Å²) in [5, 5.41) is 4.58. The first kappa shape index (κ1) is 18.4. The molecule has 0 atom stereocenters. The van der Waals surface area contributed by atoms with Crippen molar-refractivity contribution in [2.45, 2.75) is 51.8 Å². The van der Waals surface area contributed by atoms with Crippen LogP contribution < -0.4 is 5.32 Å². The first-order valence-electron chi connectivity index (χ1n) is 7.90. The van der Waals surface area contributed by atoms with Crippen molar-refractivity contribution in [3.8, 4) is 0 Å². The van der Waals surface area contributed by atoms with E-state index in [9.17, 15) is 4.79 Å². The summed E-state index contributed by atoms with van der Waals surface area (Å²) in [6, 6.07) is 5.80. The fourth-order valence-electron chi connectivity index (χ4n) is 2.27. The first-order chi connectivity index (χ1) is 10.7. The number of carbonyl (C=O) groups excluding carboxylic acids is 1. The standard InChI is InChI=1S/C17H24Cl2N2O2/c1-17(2,3)23-16(22)21(15-4-5-15)7-6-20-11-12-8-13(18)10-14(19)9-12/h8-10,15,20H,4-7,11H2,1-3H3. The second-order valence-electron chi connectivity index (χ2n) is 6.86. The summed E-state index contributed by atoms with van der Waals surface area (Å²) >= 11 is 12.0. The van der Waals surface area contributed by atoms with Crippen LogP contribution in [-0.4, -0.2) is 35.7 Å². The lowest BCUT2D eigenvalue weighted by Gasteiger charge is -2.27. The Bertz CT molecular complexity index is 534. The monoisotopic (exact) mass is 358 g/mol. The average molecular weight is 359 g/mol. The Labute approximate surface area is 148 Å². The van der Waals surface area contributed by atoms with Gasteiger partial charge in [0.05, 0.1) is 0 Å². The molecule has 23 heavy (non-hydrogen) atoms. The van der Waals surface area contributed by atoms with Gasteiger partial charge in [-0.1, -0.05) is 23.2 Å². The van der Waals surface area contributed by atoms with E-state index in [0.29, 0.717) is 35.7 Å². The second kappa shape index (κ2) is 7.73. The van der Waals surface area contributed by atoms with Crippen LogP contribution in [0, 0.1) is 0 Å². The molecule has 0 saturated heterocycles. The molecular formula is C17H24Cl2N2O2. The van der Waals surface area contributed by atoms with E-state index >= 15 is 0 Å². The predicted octanol–water partition coefficient (Wildman–Crippen LogP) is 4.48. The Balaban J connectivity index is 1.79. The summed E-state index contributed by atoms with van der Waals surface area (Å²) in [5.74, 6) is 0. The van der Waals surface area contributed by atoms with E-state index in [2.05, 4.69) is 5.32 Å². The highest BCUT2D eigenvalue weighted by molar-refractivity contribution is 6.34. The molecule has 0 unspecified atom stereocenters. The van der Waals surface area contributed by atoms with E-state index < -0.39 is 5.60 Å². The molecule has 1 aliphatic carbocycles. The highest BCUT2D eigenvalue weighted by Crippen LogP contribution is 2.28. The Morgan fingerprint density at radius 1 is 1.26 bits per heavy atom. The molecule has 0 spiro atoms. The predicted molar refractivity (Wildman–Crippen MR) is 94.1 cm³/mol. The SMILES string of the molecule is CC(C)(C)OC(=O)N(CCNCc1cc(Cl)cc(Cl)c1)C1CC1. The summed E-state index contributed by atoms with van der Waals surface area (Å²) in [7, 11) is 0. The van der Waals surface area contributed by atoms with E-state index in [1.807, 2.05) is 37.8 Å². The third-order valence-electron chi connectivity index (χ3n) is 3.40. The van der Waals surface area contributed by atoms with Crippen LogP contribution in [0.1, 0.15) is 39.2 Å². The molecule has 1 aliphatic rings. The van der Waals surface area contributed by atoms with Crippen LogP contribution >= 0.6 is 23.2 Å². The smallest absolute Gasteiger partial charge is 0.410 e. The molecule has 1 amide bonds. The number of hydrogen-bond donors (Lipinski definition) is 1. The number of ether oxygens (including phenoxy) is 1. The number of amides is 1. The molecule has 1 fully saturated rings. The minimum Gasteiger partial charge on any atom is -0.444 e. The zero-order valence-electron chi connectivity index (χ0n) is 13.9. The molecule has 0 heterocycles. The number of benzene rings is 1. The Hall–Kier alpha value is -0.970. The van der Waals surface area contributed by atoms with E-state index in [1.165, 1.54) is 0 Å². The summed E-state index contributed by atoms with van der Waals surface area (Å²) in [6.45, 7) is 7.65. The van der Waals surface area contributed by atoms with Gasteiger partial charge in [0, 0.05) is 35.7 Å². The zero-order valence-corrected chi connectivity index (χ0v) is 15.4. The number of carbonyl (C=O) groups is 1. The van der Waals surface area contributed by atoms with Gasteiger partial charge in [-0.25, -0.2) is 4.79 Å². The highest BCUT2D eigenvalue weighted by Gasteiger charge is 2.34. The van der Waals surface area contributed by atoms with Crippen LogP contribution in [0.3, 0.4) is 0 Å². The van der Waals surface area contributed by atoms with Gasteiger partial charge in [0.15, 0.2) is 0 Å². The molecule has 4 nitrogen and oxygen atoms in total. The Kier molecular flexibility index (Phi) is 6.18. The number of rotatable bonds is 6. The second-order valence-corrected chi connectivity index (χ2v) is 7.73. The van der Waals surface area contributed by atoms with Gasteiger partial charge in [0.25, 0.3) is 0 Å². The van der Waals surface area contributed by atoms with Gasteiger partial charge in [-0.3, -0.25) is 0 Å². The number of hydrogen-bond acceptors (Lipinski definition) is 3. The topological polar surface area (TPSA) is 41.6 Å². The van der Waals surface area contributed by atoms with Crippen molar-refractivity contribution in [2.24, 2.45) is 0 Å². The average Bonchev–Trinajstić information content (AvgIpc) is 3.19. The molecule has 0 radical (unpaired) electrons. The third kappa shape index (κ3) is 6.58. The molecule has 1 aromatic carbocycles. The van der Waals surface area contributed by atoms with Gasteiger partial charge in [-0.05, 0) is 57.4 Å². The van der Waals surface area contributed by atoms with Gasteiger partial charge in [0.1, 0.15) is 5.60 Å². The maximum atomic E-state index is 12.2. The van der Waals surface area contributed by atoms with Crippen molar-refractivity contribution in [3.63, 3.8) is 0 Å². The fraction of sp³-hybridized carbons (Fsp3) is 0.588. The van der Waals surface area contributed by atoms with Gasteiger partial charge in [-0.15, -0.1) is 0 Å². The zero-order chi connectivity index (χ0) is 17.0. The summed E-state index contributed by atoms with van der Waals surface area (Å²) in [5.41, 5.74) is 0.563. The molecule has 128 valence electrons. The molecule has 1 saturated carbocycles. The minimum atomic E-state index is -0.463. The molecule has 0 aliphatic heterocycles. The molecule has 1 N–H and O–H groups in total. The number of halogens is 2. The van der Waals surface area contributed by atoms with Gasteiger partial charge in [-0.2, -0.15) is 0 Å². The summed E-state index contributed by atoms with van der Waals surface area (Å²) in [6.07, 6.45) is 1.89. The van der Waals surface area contributed by atoms with E-state index in [1.54, 1.807) is 6.07 Å². The molecule has 0 aromatic heterocycles. The van der Waals surface area contributed by atoms with Crippen molar-refractivity contribution < 1.29 is 9.53 Å². The van der Waals surface area contributed by atoms with E-state index in [0.717, 1.165) is 18.4 Å². The number of nitrogens with one attached hydrogen (secondary N) is 1. The summed E-state index contributed by atoms with van der Waals surface area (Å²) in [4.78, 5) is 14.1. The van der Waals surface area contributed by atoms with Crippen molar-refractivity contribution in [1.29, 1.82) is 0 Å². The van der Waals surface area contributed by atoms with Crippen LogP contribution in [-0.2, 0) is 11.3 Å². The molecule has 6 heteroatoms. The highest BCUT2D eigenvalue weighted by atomic mass is 35.5. The first-order valence-corrected chi connectivity index (χ1v) is 8.65. The van der Waals surface area contributed by atoms with E-state index in [4.69, 9.17) is 27.9 Å². The Morgan fingerprint density at radius 3 is 2.39 bits per heavy atom. The van der Waals surface area contributed by atoms with Crippen molar-refractivity contribution in [3.05, 3.63) is 33.8 Å². The van der Waals surface area contributed by atoms with E-state index in [-0.39, 0.29) is 6.09 Å². The van der Waals surface area contributed by atoms with Crippen LogP contribution in [0.15, 0.2) is 18.2 Å². The maximum Gasteiger partial charge on any atom is 0.410 e. The van der Waals surface area contributed by atoms with Crippen molar-refractivity contribution in [1.82, 2.24) is 10.2 Å². The molecule has 1 aromatic rings. The molecule has 2 rings (SSSR count). The van der Waals surface area contributed by atoms with Crippen LogP contribution in [0.4, 0.5) is 4.79 Å². The third-order valence-corrected chi connectivity index (χ3v) is 3.83. The van der Waals surface area contributed by atoms with Crippen molar-refractivity contribution >= 4 is 29.3 Å². The van der Waals surface area contributed by atoms with Crippen LogP contribution in [0.5, 0.6) is 0 Å². The van der Waals surface area contributed by atoms with Crippen LogP contribution in [0.2, 0.25) is 10.0 Å². The lowest BCUT2D eigenvalue weighted by molar-refractivity contribution is 0.0236. The normalized spacial score (nSPS) is 14.7. The maximum absolute atomic E-state index is 12.2. The number of nitrogens with zero attached hydrogens (tertiary/aromatic N) is 1. The quantitative estimate of drug-likeness (QED) is 0.762. The van der Waals surface area contributed by atoms with Gasteiger partial charge in [0.2, 0.25) is 0 Å². The summed E-state index contributed by atoms with van der Waals surface area (Å²) < 4.78 is 5.47. The van der Waals surface area contributed by atoms with Gasteiger partial charge >= 0.3 is 6.09 Å². The van der Waals surface area contributed by atoms with Crippen LogP contribution in [0.25, 0.3) is 0 Å².